The molecular formula is C17H23ClN2O2. The quantitative estimate of drug-likeness (QED) is 0.862. The van der Waals surface area contributed by atoms with Gasteiger partial charge in [0.2, 0.25) is 5.91 Å². The van der Waals surface area contributed by atoms with E-state index in [1.165, 1.54) is 31.2 Å². The molecule has 2 heterocycles. The predicted molar refractivity (Wildman–Crippen MR) is 88.8 cm³/mol. The van der Waals surface area contributed by atoms with E-state index in [9.17, 15) is 4.79 Å². The van der Waals surface area contributed by atoms with Crippen LogP contribution in [0.15, 0.2) is 24.3 Å². The van der Waals surface area contributed by atoms with Gasteiger partial charge < -0.3 is 15.0 Å². The molecule has 120 valence electrons. The van der Waals surface area contributed by atoms with Gasteiger partial charge in [0.1, 0.15) is 6.04 Å². The lowest BCUT2D eigenvalue weighted by atomic mass is 9.81. The first-order chi connectivity index (χ1) is 10.3. The van der Waals surface area contributed by atoms with Gasteiger partial charge in [-0.15, -0.1) is 12.4 Å². The van der Waals surface area contributed by atoms with Crippen molar-refractivity contribution in [3.63, 3.8) is 0 Å². The standard InChI is InChI=1S/C17H22N2O2.ClH/c20-16(14-11-21-10-9-18-14)19-12-17(7-3-4-8-17)13-5-1-2-6-15(13)19;/h1-2,5-6,14,18H,3-4,7-12H2;1H. The number of anilines is 1. The first-order valence-corrected chi connectivity index (χ1v) is 8.02. The van der Waals surface area contributed by atoms with Crippen LogP contribution in [0.4, 0.5) is 5.69 Å². The Hall–Kier alpha value is -1.10. The Morgan fingerprint density at radius 1 is 1.27 bits per heavy atom. The van der Waals surface area contributed by atoms with Gasteiger partial charge in [-0.3, -0.25) is 4.79 Å². The van der Waals surface area contributed by atoms with Gasteiger partial charge in [0, 0.05) is 24.2 Å². The van der Waals surface area contributed by atoms with Crippen LogP contribution in [0.2, 0.25) is 0 Å². The second-order valence-corrected chi connectivity index (χ2v) is 6.51. The molecule has 1 aliphatic carbocycles. The maximum absolute atomic E-state index is 12.9. The predicted octanol–water partition coefficient (Wildman–Crippen LogP) is 2.26. The summed E-state index contributed by atoms with van der Waals surface area (Å²) < 4.78 is 5.46. The lowest BCUT2D eigenvalue weighted by Gasteiger charge is -2.29. The average molecular weight is 323 g/mol. The summed E-state index contributed by atoms with van der Waals surface area (Å²) in [6.07, 6.45) is 4.98. The molecule has 4 rings (SSSR count). The van der Waals surface area contributed by atoms with Crippen molar-refractivity contribution in [3.05, 3.63) is 29.8 Å². The first kappa shape index (κ1) is 15.8. The Bertz CT molecular complexity index is 551. The van der Waals surface area contributed by atoms with Crippen molar-refractivity contribution in [3.8, 4) is 0 Å². The van der Waals surface area contributed by atoms with Crippen molar-refractivity contribution in [1.29, 1.82) is 0 Å². The number of morpholine rings is 1. The van der Waals surface area contributed by atoms with Crippen molar-refractivity contribution in [1.82, 2.24) is 5.32 Å². The lowest BCUT2D eigenvalue weighted by molar-refractivity contribution is -0.123. The Morgan fingerprint density at radius 2 is 2.05 bits per heavy atom. The van der Waals surface area contributed by atoms with E-state index >= 15 is 0 Å². The van der Waals surface area contributed by atoms with Gasteiger partial charge in [-0.25, -0.2) is 0 Å². The normalized spacial score (nSPS) is 25.8. The largest absolute Gasteiger partial charge is 0.378 e. The van der Waals surface area contributed by atoms with E-state index < -0.39 is 0 Å². The zero-order chi connectivity index (χ0) is 14.3. The van der Waals surface area contributed by atoms with Crippen LogP contribution in [0, 0.1) is 0 Å². The molecule has 0 aromatic heterocycles. The minimum atomic E-state index is -0.191. The molecule has 1 amide bonds. The van der Waals surface area contributed by atoms with Gasteiger partial charge in [-0.2, -0.15) is 0 Å². The molecule has 1 aromatic rings. The molecule has 1 saturated carbocycles. The Kier molecular flexibility index (Phi) is 4.44. The number of benzene rings is 1. The van der Waals surface area contributed by atoms with Crippen molar-refractivity contribution in [2.45, 2.75) is 37.1 Å². The summed E-state index contributed by atoms with van der Waals surface area (Å²) in [4.78, 5) is 14.9. The van der Waals surface area contributed by atoms with Crippen LogP contribution in [0.3, 0.4) is 0 Å². The van der Waals surface area contributed by atoms with Crippen LogP contribution in [0.5, 0.6) is 0 Å². The number of amides is 1. The molecule has 22 heavy (non-hydrogen) atoms. The molecule has 1 N–H and O–H groups in total. The molecule has 1 unspecified atom stereocenters. The maximum Gasteiger partial charge on any atom is 0.246 e. The summed E-state index contributed by atoms with van der Waals surface area (Å²) in [6, 6.07) is 8.28. The summed E-state index contributed by atoms with van der Waals surface area (Å²) in [6.45, 7) is 2.80. The highest BCUT2D eigenvalue weighted by Crippen LogP contribution is 2.50. The van der Waals surface area contributed by atoms with Gasteiger partial charge in [-0.05, 0) is 24.5 Å². The molecule has 1 atom stereocenters. The van der Waals surface area contributed by atoms with E-state index in [2.05, 4.69) is 23.5 Å². The van der Waals surface area contributed by atoms with Crippen molar-refractivity contribution in [2.24, 2.45) is 0 Å². The Balaban J connectivity index is 0.00000144. The van der Waals surface area contributed by atoms with E-state index in [0.29, 0.717) is 13.2 Å². The van der Waals surface area contributed by atoms with Crippen molar-refractivity contribution >= 4 is 24.0 Å². The number of rotatable bonds is 1. The summed E-state index contributed by atoms with van der Waals surface area (Å²) in [5.41, 5.74) is 2.71. The van der Waals surface area contributed by atoms with Gasteiger partial charge in [-0.1, -0.05) is 31.0 Å². The topological polar surface area (TPSA) is 41.6 Å². The molecule has 4 nitrogen and oxygen atoms in total. The van der Waals surface area contributed by atoms with E-state index in [-0.39, 0.29) is 29.8 Å². The number of hydrogen-bond donors (Lipinski definition) is 1. The molecule has 3 aliphatic rings. The molecule has 2 fully saturated rings. The van der Waals surface area contributed by atoms with Gasteiger partial charge in [0.25, 0.3) is 0 Å². The zero-order valence-corrected chi connectivity index (χ0v) is 13.5. The number of carbonyl (C=O) groups excluding carboxylic acids is 1. The fraction of sp³-hybridized carbons (Fsp3) is 0.588. The molecule has 1 saturated heterocycles. The van der Waals surface area contributed by atoms with Crippen molar-refractivity contribution in [2.75, 3.05) is 31.2 Å². The van der Waals surface area contributed by atoms with E-state index in [4.69, 9.17) is 4.74 Å². The second-order valence-electron chi connectivity index (χ2n) is 6.51. The third-order valence-electron chi connectivity index (χ3n) is 5.27. The van der Waals surface area contributed by atoms with E-state index in [0.717, 1.165) is 18.8 Å². The van der Waals surface area contributed by atoms with Gasteiger partial charge in [0.05, 0.1) is 13.2 Å². The number of para-hydroxylation sites is 1. The van der Waals surface area contributed by atoms with Crippen LogP contribution >= 0.6 is 12.4 Å². The molecule has 0 radical (unpaired) electrons. The van der Waals surface area contributed by atoms with Crippen LogP contribution in [-0.4, -0.2) is 38.3 Å². The minimum absolute atomic E-state index is 0. The highest BCUT2D eigenvalue weighted by molar-refractivity contribution is 6.00. The Labute approximate surface area is 137 Å². The SMILES string of the molecule is Cl.O=C(C1COCCN1)N1CC2(CCCC2)c2ccccc21. The fourth-order valence-electron chi connectivity index (χ4n) is 4.22. The average Bonchev–Trinajstić information content (AvgIpc) is 3.15. The molecular weight excluding hydrogens is 300 g/mol. The van der Waals surface area contributed by atoms with Crippen LogP contribution < -0.4 is 10.2 Å². The number of halogens is 1. The first-order valence-electron chi connectivity index (χ1n) is 8.02. The van der Waals surface area contributed by atoms with Crippen molar-refractivity contribution < 1.29 is 9.53 Å². The number of nitrogens with zero attached hydrogens (tertiary/aromatic N) is 1. The number of carbonyl (C=O) groups is 1. The minimum Gasteiger partial charge on any atom is -0.378 e. The van der Waals surface area contributed by atoms with E-state index in [1.807, 2.05) is 11.0 Å². The third-order valence-corrected chi connectivity index (χ3v) is 5.27. The number of ether oxygens (including phenoxy) is 1. The number of nitrogens with one attached hydrogen (secondary N) is 1. The van der Waals surface area contributed by atoms with Gasteiger partial charge >= 0.3 is 0 Å². The van der Waals surface area contributed by atoms with Crippen LogP contribution in [0.1, 0.15) is 31.2 Å². The Morgan fingerprint density at radius 3 is 2.77 bits per heavy atom. The number of hydrogen-bond acceptors (Lipinski definition) is 3. The molecule has 1 spiro atoms. The molecule has 5 heteroatoms. The summed E-state index contributed by atoms with van der Waals surface area (Å²) in [5.74, 6) is 0.172. The molecule has 2 aliphatic heterocycles. The smallest absolute Gasteiger partial charge is 0.246 e. The molecule has 1 aromatic carbocycles. The number of fused-ring (bicyclic) bond motifs is 2. The fourth-order valence-corrected chi connectivity index (χ4v) is 4.22. The maximum atomic E-state index is 12.9. The lowest BCUT2D eigenvalue weighted by Crippen LogP contribution is -2.53. The van der Waals surface area contributed by atoms with Gasteiger partial charge in [0.15, 0.2) is 0 Å². The summed E-state index contributed by atoms with van der Waals surface area (Å²) in [5, 5.41) is 3.29. The van der Waals surface area contributed by atoms with Crippen LogP contribution in [0.25, 0.3) is 0 Å². The van der Waals surface area contributed by atoms with E-state index in [1.54, 1.807) is 0 Å². The second kappa shape index (κ2) is 6.19. The monoisotopic (exact) mass is 322 g/mol. The van der Waals surface area contributed by atoms with Crippen LogP contribution in [-0.2, 0) is 14.9 Å². The summed E-state index contributed by atoms with van der Waals surface area (Å²) in [7, 11) is 0. The third kappa shape index (κ3) is 2.43. The highest BCUT2D eigenvalue weighted by atomic mass is 35.5. The summed E-state index contributed by atoms with van der Waals surface area (Å²) >= 11 is 0. The highest BCUT2D eigenvalue weighted by Gasteiger charge is 2.47. The molecule has 0 bridgehead atoms. The zero-order valence-electron chi connectivity index (χ0n) is 12.7.